The second-order valence-electron chi connectivity index (χ2n) is 6.83. The Morgan fingerprint density at radius 3 is 2.31 bits per heavy atom. The second-order valence-corrected chi connectivity index (χ2v) is 7.64. The minimum absolute atomic E-state index is 0.00844. The summed E-state index contributed by atoms with van der Waals surface area (Å²) in [7, 11) is 0. The second kappa shape index (κ2) is 9.18. The molecule has 0 spiro atoms. The summed E-state index contributed by atoms with van der Waals surface area (Å²) in [6, 6.07) is 10.6. The molecule has 0 aliphatic carbocycles. The van der Waals surface area contributed by atoms with Gasteiger partial charge in [0.15, 0.2) is 5.75 Å². The summed E-state index contributed by atoms with van der Waals surface area (Å²) in [4.78, 5) is 14.7. The van der Waals surface area contributed by atoms with Crippen molar-refractivity contribution < 1.29 is 22.8 Å². The SMILES string of the molecule is Cc1cccc(N=Cc2cc(Cl)c(Oc3ccc(C(F)(F)F)cc3[N+](=O)[O-])c(Cl)c2)c1C. The highest BCUT2D eigenvalue weighted by atomic mass is 35.5. The van der Waals surface area contributed by atoms with E-state index in [0.29, 0.717) is 17.7 Å². The van der Waals surface area contributed by atoms with Crippen molar-refractivity contribution in [2.24, 2.45) is 4.99 Å². The first-order chi connectivity index (χ1) is 15.0. The molecule has 0 N–H and O–H groups in total. The maximum Gasteiger partial charge on any atom is 0.416 e. The predicted octanol–water partition coefficient (Wildman–Crippen LogP) is 8.08. The predicted molar refractivity (Wildman–Crippen MR) is 118 cm³/mol. The van der Waals surface area contributed by atoms with E-state index < -0.39 is 28.1 Å². The van der Waals surface area contributed by atoms with Crippen LogP contribution in [0.5, 0.6) is 11.5 Å². The zero-order valence-electron chi connectivity index (χ0n) is 16.7. The van der Waals surface area contributed by atoms with Crippen molar-refractivity contribution in [3.8, 4) is 11.5 Å². The fourth-order valence-corrected chi connectivity index (χ4v) is 3.38. The van der Waals surface area contributed by atoms with Gasteiger partial charge in [-0.3, -0.25) is 15.1 Å². The van der Waals surface area contributed by atoms with Crippen molar-refractivity contribution in [1.29, 1.82) is 0 Å². The average molecular weight is 483 g/mol. The maximum absolute atomic E-state index is 12.9. The summed E-state index contributed by atoms with van der Waals surface area (Å²) in [6.45, 7) is 3.91. The van der Waals surface area contributed by atoms with Crippen LogP contribution in [0, 0.1) is 24.0 Å². The van der Waals surface area contributed by atoms with E-state index in [4.69, 9.17) is 27.9 Å². The van der Waals surface area contributed by atoms with Gasteiger partial charge < -0.3 is 4.74 Å². The minimum Gasteiger partial charge on any atom is -0.447 e. The molecule has 0 atom stereocenters. The normalized spacial score (nSPS) is 11.7. The average Bonchev–Trinajstić information content (AvgIpc) is 2.71. The number of hydrogen-bond acceptors (Lipinski definition) is 4. The van der Waals surface area contributed by atoms with Gasteiger partial charge in [0.2, 0.25) is 5.75 Å². The summed E-state index contributed by atoms with van der Waals surface area (Å²) < 4.78 is 44.1. The van der Waals surface area contributed by atoms with E-state index in [2.05, 4.69) is 4.99 Å². The highest BCUT2D eigenvalue weighted by molar-refractivity contribution is 6.37. The molecule has 5 nitrogen and oxygen atoms in total. The Kier molecular flexibility index (Phi) is 6.76. The Balaban J connectivity index is 1.93. The lowest BCUT2D eigenvalue weighted by Crippen LogP contribution is -2.06. The molecule has 3 aromatic carbocycles. The number of aliphatic imine (C=N–C) groups is 1. The summed E-state index contributed by atoms with van der Waals surface area (Å²) in [5.74, 6) is -0.552. The van der Waals surface area contributed by atoms with Crippen LogP contribution >= 0.6 is 23.2 Å². The van der Waals surface area contributed by atoms with Gasteiger partial charge in [0.1, 0.15) is 0 Å². The van der Waals surface area contributed by atoms with Crippen molar-refractivity contribution >= 4 is 40.8 Å². The van der Waals surface area contributed by atoms with E-state index in [1.54, 1.807) is 6.21 Å². The molecule has 0 amide bonds. The Bertz CT molecular complexity index is 1200. The standard InChI is InChI=1S/C22H15Cl2F3N2O3/c1-12-4-3-5-18(13(12)2)28-11-14-8-16(23)21(17(24)9-14)32-20-7-6-15(22(25,26)27)10-19(20)29(30)31/h3-11H,1-2H3. The van der Waals surface area contributed by atoms with Gasteiger partial charge in [-0.1, -0.05) is 35.3 Å². The lowest BCUT2D eigenvalue weighted by molar-refractivity contribution is -0.385. The quantitative estimate of drug-likeness (QED) is 0.209. The van der Waals surface area contributed by atoms with E-state index in [9.17, 15) is 23.3 Å². The van der Waals surface area contributed by atoms with Gasteiger partial charge in [-0.2, -0.15) is 13.2 Å². The molecule has 0 saturated heterocycles. The molecule has 0 aliphatic heterocycles. The molecule has 0 unspecified atom stereocenters. The number of halogens is 5. The zero-order chi connectivity index (χ0) is 23.6. The number of alkyl halides is 3. The van der Waals surface area contributed by atoms with Crippen molar-refractivity contribution in [3.05, 3.63) is 90.9 Å². The van der Waals surface area contributed by atoms with Crippen LogP contribution in [0.1, 0.15) is 22.3 Å². The summed E-state index contributed by atoms with van der Waals surface area (Å²) in [6.07, 6.45) is -3.20. The van der Waals surface area contributed by atoms with Crippen LogP contribution in [0.25, 0.3) is 0 Å². The topological polar surface area (TPSA) is 64.7 Å². The van der Waals surface area contributed by atoms with Crippen LogP contribution in [-0.2, 0) is 6.18 Å². The molecule has 3 aromatic rings. The number of aryl methyl sites for hydroxylation is 1. The number of hydrogen-bond donors (Lipinski definition) is 0. The summed E-state index contributed by atoms with van der Waals surface area (Å²) >= 11 is 12.5. The molecule has 0 fully saturated rings. The van der Waals surface area contributed by atoms with Crippen LogP contribution in [0.3, 0.4) is 0 Å². The molecule has 166 valence electrons. The Labute approximate surface area is 191 Å². The van der Waals surface area contributed by atoms with E-state index in [1.165, 1.54) is 12.1 Å². The van der Waals surface area contributed by atoms with Gasteiger partial charge in [-0.15, -0.1) is 0 Å². The number of ether oxygens (including phenoxy) is 1. The minimum atomic E-state index is -4.74. The van der Waals surface area contributed by atoms with Gasteiger partial charge in [0.25, 0.3) is 0 Å². The molecule has 32 heavy (non-hydrogen) atoms. The number of nitrogens with zero attached hydrogens (tertiary/aromatic N) is 2. The van der Waals surface area contributed by atoms with Crippen LogP contribution in [0.15, 0.2) is 53.5 Å². The molecule has 0 heterocycles. The third-order valence-electron chi connectivity index (χ3n) is 4.64. The van der Waals surface area contributed by atoms with Gasteiger partial charge in [-0.05, 0) is 60.9 Å². The van der Waals surface area contributed by atoms with Gasteiger partial charge in [-0.25, -0.2) is 0 Å². The lowest BCUT2D eigenvalue weighted by atomic mass is 10.1. The molecule has 0 bridgehead atoms. The summed E-state index contributed by atoms with van der Waals surface area (Å²) in [5.41, 5.74) is 1.35. The van der Waals surface area contributed by atoms with E-state index in [-0.39, 0.29) is 15.8 Å². The third-order valence-corrected chi connectivity index (χ3v) is 5.21. The van der Waals surface area contributed by atoms with Crippen molar-refractivity contribution in [2.45, 2.75) is 20.0 Å². The first-order valence-corrected chi connectivity index (χ1v) is 9.86. The third kappa shape index (κ3) is 5.20. The maximum atomic E-state index is 12.9. The Morgan fingerprint density at radius 2 is 1.72 bits per heavy atom. The molecular weight excluding hydrogens is 468 g/mol. The molecule has 0 saturated carbocycles. The summed E-state index contributed by atoms with van der Waals surface area (Å²) in [5, 5.41) is 11.3. The van der Waals surface area contributed by atoms with E-state index >= 15 is 0 Å². The van der Waals surface area contributed by atoms with E-state index in [1.807, 2.05) is 32.0 Å². The highest BCUT2D eigenvalue weighted by Crippen LogP contribution is 2.42. The smallest absolute Gasteiger partial charge is 0.416 e. The first kappa shape index (κ1) is 23.6. The molecule has 10 heteroatoms. The van der Waals surface area contributed by atoms with Crippen molar-refractivity contribution in [1.82, 2.24) is 0 Å². The molecule has 0 aliphatic rings. The van der Waals surface area contributed by atoms with Gasteiger partial charge >= 0.3 is 11.9 Å². The van der Waals surface area contributed by atoms with Crippen LogP contribution in [0.4, 0.5) is 24.5 Å². The highest BCUT2D eigenvalue weighted by Gasteiger charge is 2.33. The fourth-order valence-electron chi connectivity index (χ4n) is 2.80. The zero-order valence-corrected chi connectivity index (χ0v) is 18.2. The van der Waals surface area contributed by atoms with Crippen LogP contribution in [-0.4, -0.2) is 11.1 Å². The van der Waals surface area contributed by atoms with Crippen molar-refractivity contribution in [2.75, 3.05) is 0 Å². The number of nitro groups is 1. The lowest BCUT2D eigenvalue weighted by Gasteiger charge is -2.12. The molecule has 0 aromatic heterocycles. The monoisotopic (exact) mass is 482 g/mol. The van der Waals surface area contributed by atoms with Gasteiger partial charge in [0, 0.05) is 12.3 Å². The fraction of sp³-hybridized carbons (Fsp3) is 0.136. The van der Waals surface area contributed by atoms with Crippen LogP contribution < -0.4 is 4.74 Å². The number of benzene rings is 3. The largest absolute Gasteiger partial charge is 0.447 e. The molecule has 0 radical (unpaired) electrons. The Morgan fingerprint density at radius 1 is 1.06 bits per heavy atom. The molecular formula is C22H15Cl2F3N2O3. The van der Waals surface area contributed by atoms with Crippen LogP contribution in [0.2, 0.25) is 10.0 Å². The number of rotatable bonds is 5. The Hall–Kier alpha value is -3.10. The van der Waals surface area contributed by atoms with E-state index in [0.717, 1.165) is 22.9 Å². The van der Waals surface area contributed by atoms with Gasteiger partial charge in [0.05, 0.1) is 26.2 Å². The number of nitro benzene ring substituents is 1. The van der Waals surface area contributed by atoms with Crippen molar-refractivity contribution in [3.63, 3.8) is 0 Å². The first-order valence-electron chi connectivity index (χ1n) is 9.10. The molecule has 3 rings (SSSR count).